The fourth-order valence-electron chi connectivity index (χ4n) is 2.13. The van der Waals surface area contributed by atoms with Crippen LogP contribution in [0.2, 0.25) is 0 Å². The van der Waals surface area contributed by atoms with Crippen LogP contribution in [0.25, 0.3) is 0 Å². The Morgan fingerprint density at radius 2 is 1.94 bits per heavy atom. The summed E-state index contributed by atoms with van der Waals surface area (Å²) in [6.45, 7) is 2.52. The van der Waals surface area contributed by atoms with Gasteiger partial charge in [0.15, 0.2) is 0 Å². The Bertz CT molecular complexity index is 319. The third kappa shape index (κ3) is 2.80. The molecule has 1 aromatic rings. The zero-order valence-corrected chi connectivity index (χ0v) is 9.53. The summed E-state index contributed by atoms with van der Waals surface area (Å²) in [4.78, 5) is 2.41. The Hall–Kier alpha value is -0.930. The summed E-state index contributed by atoms with van der Waals surface area (Å²) in [6.07, 6.45) is 3.89. The van der Waals surface area contributed by atoms with Gasteiger partial charge in [0, 0.05) is 25.7 Å². The van der Waals surface area contributed by atoms with E-state index in [1.54, 1.807) is 0 Å². The van der Waals surface area contributed by atoms with E-state index in [4.69, 9.17) is 5.73 Å². The second kappa shape index (κ2) is 5.41. The second-order valence-corrected chi connectivity index (χ2v) is 4.47. The standard InChI is InChI=1S/C13H19FN2/c14-12-6-4-11(5-7-12)10-16(9-8-15)13-2-1-3-13/h4-7,13H,1-3,8-10,15H2. The van der Waals surface area contributed by atoms with E-state index in [0.29, 0.717) is 12.6 Å². The van der Waals surface area contributed by atoms with E-state index in [1.807, 2.05) is 12.1 Å². The van der Waals surface area contributed by atoms with E-state index in [1.165, 1.54) is 37.0 Å². The molecule has 0 spiro atoms. The van der Waals surface area contributed by atoms with Crippen molar-refractivity contribution in [3.05, 3.63) is 35.6 Å². The molecule has 1 aromatic carbocycles. The van der Waals surface area contributed by atoms with Gasteiger partial charge in [0.2, 0.25) is 0 Å². The third-order valence-corrected chi connectivity index (χ3v) is 3.31. The van der Waals surface area contributed by atoms with Crippen molar-refractivity contribution < 1.29 is 4.39 Å². The molecule has 2 N–H and O–H groups in total. The van der Waals surface area contributed by atoms with E-state index in [9.17, 15) is 4.39 Å². The summed E-state index contributed by atoms with van der Waals surface area (Å²) in [5.74, 6) is -0.169. The topological polar surface area (TPSA) is 29.3 Å². The predicted molar refractivity (Wildman–Crippen MR) is 63.5 cm³/mol. The second-order valence-electron chi connectivity index (χ2n) is 4.47. The fraction of sp³-hybridized carbons (Fsp3) is 0.538. The molecule has 0 aromatic heterocycles. The van der Waals surface area contributed by atoms with E-state index < -0.39 is 0 Å². The molecule has 1 fully saturated rings. The van der Waals surface area contributed by atoms with Crippen LogP contribution in [0.15, 0.2) is 24.3 Å². The van der Waals surface area contributed by atoms with Crippen LogP contribution in [0.5, 0.6) is 0 Å². The first-order valence-electron chi connectivity index (χ1n) is 5.98. The maximum atomic E-state index is 12.8. The zero-order valence-electron chi connectivity index (χ0n) is 9.53. The van der Waals surface area contributed by atoms with Crippen molar-refractivity contribution in [3.63, 3.8) is 0 Å². The number of hydrogen-bond donors (Lipinski definition) is 1. The minimum atomic E-state index is -0.169. The SMILES string of the molecule is NCCN(Cc1ccc(F)cc1)C1CCC1. The minimum absolute atomic E-state index is 0.169. The highest BCUT2D eigenvalue weighted by Crippen LogP contribution is 2.25. The van der Waals surface area contributed by atoms with Gasteiger partial charge in [-0.2, -0.15) is 0 Å². The highest BCUT2D eigenvalue weighted by atomic mass is 19.1. The van der Waals surface area contributed by atoms with Gasteiger partial charge in [-0.05, 0) is 30.5 Å². The van der Waals surface area contributed by atoms with Crippen LogP contribution < -0.4 is 5.73 Å². The van der Waals surface area contributed by atoms with Crippen molar-refractivity contribution in [2.45, 2.75) is 31.8 Å². The highest BCUT2D eigenvalue weighted by molar-refractivity contribution is 5.16. The first kappa shape index (κ1) is 11.6. The molecule has 0 aliphatic heterocycles. The van der Waals surface area contributed by atoms with E-state index in [0.717, 1.165) is 13.1 Å². The lowest BCUT2D eigenvalue weighted by molar-refractivity contribution is 0.123. The van der Waals surface area contributed by atoms with Gasteiger partial charge in [0.25, 0.3) is 0 Å². The number of benzene rings is 1. The zero-order chi connectivity index (χ0) is 11.4. The number of nitrogens with two attached hydrogens (primary N) is 1. The normalized spacial score (nSPS) is 16.4. The maximum Gasteiger partial charge on any atom is 0.123 e. The molecular weight excluding hydrogens is 203 g/mol. The first-order valence-corrected chi connectivity index (χ1v) is 5.98. The van der Waals surface area contributed by atoms with Gasteiger partial charge in [-0.3, -0.25) is 4.90 Å². The average Bonchev–Trinajstić information content (AvgIpc) is 2.19. The molecule has 0 radical (unpaired) electrons. The van der Waals surface area contributed by atoms with Crippen molar-refractivity contribution in [2.24, 2.45) is 5.73 Å². The van der Waals surface area contributed by atoms with Gasteiger partial charge >= 0.3 is 0 Å². The summed E-state index contributed by atoms with van der Waals surface area (Å²) in [5, 5.41) is 0. The summed E-state index contributed by atoms with van der Waals surface area (Å²) in [6, 6.07) is 7.45. The molecule has 0 heterocycles. The van der Waals surface area contributed by atoms with Crippen molar-refractivity contribution in [2.75, 3.05) is 13.1 Å². The molecule has 1 saturated carbocycles. The quantitative estimate of drug-likeness (QED) is 0.827. The fourth-order valence-corrected chi connectivity index (χ4v) is 2.13. The maximum absolute atomic E-state index is 12.8. The lowest BCUT2D eigenvalue weighted by Crippen LogP contribution is -2.42. The number of hydrogen-bond acceptors (Lipinski definition) is 2. The van der Waals surface area contributed by atoms with E-state index >= 15 is 0 Å². The molecule has 2 nitrogen and oxygen atoms in total. The molecule has 0 saturated heterocycles. The van der Waals surface area contributed by atoms with Crippen molar-refractivity contribution >= 4 is 0 Å². The largest absolute Gasteiger partial charge is 0.329 e. The molecular formula is C13H19FN2. The molecule has 0 unspecified atom stereocenters. The number of nitrogens with zero attached hydrogens (tertiary/aromatic N) is 1. The third-order valence-electron chi connectivity index (χ3n) is 3.31. The molecule has 88 valence electrons. The number of rotatable bonds is 5. The van der Waals surface area contributed by atoms with Crippen molar-refractivity contribution in [1.82, 2.24) is 4.90 Å². The van der Waals surface area contributed by atoms with Crippen LogP contribution in [0.4, 0.5) is 4.39 Å². The predicted octanol–water partition coefficient (Wildman–Crippen LogP) is 2.14. The first-order chi connectivity index (χ1) is 7.79. The lowest BCUT2D eigenvalue weighted by atomic mass is 9.91. The summed E-state index contributed by atoms with van der Waals surface area (Å²) < 4.78 is 12.8. The summed E-state index contributed by atoms with van der Waals surface area (Å²) >= 11 is 0. The van der Waals surface area contributed by atoms with Crippen molar-refractivity contribution in [3.8, 4) is 0 Å². The Morgan fingerprint density at radius 3 is 2.44 bits per heavy atom. The van der Waals surface area contributed by atoms with Crippen LogP contribution in [0.1, 0.15) is 24.8 Å². The van der Waals surface area contributed by atoms with Crippen LogP contribution >= 0.6 is 0 Å². The molecule has 1 aliphatic carbocycles. The van der Waals surface area contributed by atoms with Gasteiger partial charge in [-0.25, -0.2) is 4.39 Å². The lowest BCUT2D eigenvalue weighted by Gasteiger charge is -2.37. The molecule has 3 heteroatoms. The van der Waals surface area contributed by atoms with Gasteiger partial charge in [-0.15, -0.1) is 0 Å². The Morgan fingerprint density at radius 1 is 1.25 bits per heavy atom. The molecule has 16 heavy (non-hydrogen) atoms. The molecule has 0 bridgehead atoms. The summed E-state index contributed by atoms with van der Waals surface area (Å²) in [7, 11) is 0. The Balaban J connectivity index is 1.96. The van der Waals surface area contributed by atoms with Crippen LogP contribution in [-0.2, 0) is 6.54 Å². The summed E-state index contributed by atoms with van der Waals surface area (Å²) in [5.41, 5.74) is 6.79. The van der Waals surface area contributed by atoms with Gasteiger partial charge in [-0.1, -0.05) is 18.6 Å². The monoisotopic (exact) mass is 222 g/mol. The van der Waals surface area contributed by atoms with Crippen molar-refractivity contribution in [1.29, 1.82) is 0 Å². The van der Waals surface area contributed by atoms with Crippen LogP contribution in [0.3, 0.4) is 0 Å². The molecule has 2 rings (SSSR count). The van der Waals surface area contributed by atoms with E-state index in [2.05, 4.69) is 4.90 Å². The average molecular weight is 222 g/mol. The van der Waals surface area contributed by atoms with Gasteiger partial charge in [0.1, 0.15) is 5.82 Å². The van der Waals surface area contributed by atoms with Gasteiger partial charge < -0.3 is 5.73 Å². The van der Waals surface area contributed by atoms with Gasteiger partial charge in [0.05, 0.1) is 0 Å². The molecule has 0 atom stereocenters. The minimum Gasteiger partial charge on any atom is -0.329 e. The Kier molecular flexibility index (Phi) is 3.91. The smallest absolute Gasteiger partial charge is 0.123 e. The van der Waals surface area contributed by atoms with Crippen LogP contribution in [-0.4, -0.2) is 24.0 Å². The number of halogens is 1. The molecule has 1 aliphatic rings. The highest BCUT2D eigenvalue weighted by Gasteiger charge is 2.24. The molecule has 0 amide bonds. The van der Waals surface area contributed by atoms with Crippen LogP contribution in [0, 0.1) is 5.82 Å². The van der Waals surface area contributed by atoms with E-state index in [-0.39, 0.29) is 5.82 Å². The Labute approximate surface area is 96.2 Å².